The molecule has 0 amide bonds. The van der Waals surface area contributed by atoms with E-state index in [9.17, 15) is 4.79 Å². The van der Waals surface area contributed by atoms with Crippen LogP contribution in [0.4, 0.5) is 11.4 Å². The Bertz CT molecular complexity index is 692. The maximum absolute atomic E-state index is 11.7. The summed E-state index contributed by atoms with van der Waals surface area (Å²) in [5.74, 6) is 0.570. The topological polar surface area (TPSA) is 93.0 Å². The number of fused-ring (bicyclic) bond motifs is 1. The Hall–Kier alpha value is -2.08. The van der Waals surface area contributed by atoms with Gasteiger partial charge in [-0.25, -0.2) is 4.98 Å². The molecule has 21 heavy (non-hydrogen) atoms. The van der Waals surface area contributed by atoms with E-state index >= 15 is 0 Å². The lowest BCUT2D eigenvalue weighted by atomic mass is 9.92. The van der Waals surface area contributed by atoms with E-state index in [0.717, 1.165) is 31.7 Å². The lowest BCUT2D eigenvalue weighted by molar-refractivity contribution is 0.0622. The molecule has 1 aromatic carbocycles. The molecule has 0 radical (unpaired) electrons. The van der Waals surface area contributed by atoms with Gasteiger partial charge >= 0.3 is 0 Å². The molecule has 6 heteroatoms. The Labute approximate surface area is 122 Å². The van der Waals surface area contributed by atoms with E-state index in [1.807, 2.05) is 6.07 Å². The predicted molar refractivity (Wildman–Crippen MR) is 83.4 cm³/mol. The highest BCUT2D eigenvalue weighted by Gasteiger charge is 2.21. The van der Waals surface area contributed by atoms with Crippen LogP contribution < -0.4 is 16.6 Å². The van der Waals surface area contributed by atoms with Crippen molar-refractivity contribution in [2.75, 3.05) is 24.3 Å². The van der Waals surface area contributed by atoms with Gasteiger partial charge in [0.2, 0.25) is 0 Å². The molecule has 0 aliphatic carbocycles. The molecule has 112 valence electrons. The fourth-order valence-corrected chi connectivity index (χ4v) is 2.84. The number of nitrogens with two attached hydrogens (primary N) is 1. The number of nitrogen functional groups attached to an aromatic ring is 1. The van der Waals surface area contributed by atoms with Crippen LogP contribution in [0.5, 0.6) is 0 Å². The molecule has 1 saturated heterocycles. The zero-order valence-corrected chi connectivity index (χ0v) is 12.1. The highest BCUT2D eigenvalue weighted by Crippen LogP contribution is 2.27. The first-order valence-electron chi connectivity index (χ1n) is 7.26. The van der Waals surface area contributed by atoms with Crippen molar-refractivity contribution < 1.29 is 4.74 Å². The number of aromatic amines is 1. The van der Waals surface area contributed by atoms with Crippen molar-refractivity contribution in [3.8, 4) is 0 Å². The molecule has 6 nitrogen and oxygen atoms in total. The van der Waals surface area contributed by atoms with Gasteiger partial charge < -0.3 is 20.8 Å². The minimum absolute atomic E-state index is 0.171. The van der Waals surface area contributed by atoms with Gasteiger partial charge in [0.15, 0.2) is 0 Å². The molecule has 2 heterocycles. The number of benzene rings is 1. The van der Waals surface area contributed by atoms with Gasteiger partial charge in [0.05, 0.1) is 28.6 Å². The molecular weight excluding hydrogens is 268 g/mol. The second kappa shape index (κ2) is 5.73. The van der Waals surface area contributed by atoms with Crippen LogP contribution >= 0.6 is 0 Å². The first kappa shape index (κ1) is 13.9. The van der Waals surface area contributed by atoms with Crippen molar-refractivity contribution in [1.82, 2.24) is 9.97 Å². The van der Waals surface area contributed by atoms with Crippen molar-refractivity contribution >= 4 is 22.3 Å². The SMILES string of the molecule is CC(Nc1cc2nc[nH]c(=O)c2cc1N)C1CCOCC1. The number of aromatic nitrogens is 2. The Kier molecular flexibility index (Phi) is 3.79. The van der Waals surface area contributed by atoms with Gasteiger partial charge in [-0.3, -0.25) is 4.79 Å². The molecule has 0 bridgehead atoms. The van der Waals surface area contributed by atoms with Crippen LogP contribution in [0.1, 0.15) is 19.8 Å². The van der Waals surface area contributed by atoms with Crippen LogP contribution in [0.2, 0.25) is 0 Å². The molecule has 1 atom stereocenters. The smallest absolute Gasteiger partial charge is 0.258 e. The number of H-pyrrole nitrogens is 1. The van der Waals surface area contributed by atoms with Gasteiger partial charge in [-0.05, 0) is 37.8 Å². The summed E-state index contributed by atoms with van der Waals surface area (Å²) in [6, 6.07) is 3.83. The van der Waals surface area contributed by atoms with Crippen molar-refractivity contribution in [1.29, 1.82) is 0 Å². The molecule has 1 aliphatic heterocycles. The zero-order chi connectivity index (χ0) is 14.8. The number of hydrogen-bond donors (Lipinski definition) is 3. The lowest BCUT2D eigenvalue weighted by Gasteiger charge is -2.29. The average molecular weight is 288 g/mol. The van der Waals surface area contributed by atoms with E-state index in [1.165, 1.54) is 6.33 Å². The van der Waals surface area contributed by atoms with E-state index < -0.39 is 0 Å². The largest absolute Gasteiger partial charge is 0.397 e. The summed E-state index contributed by atoms with van der Waals surface area (Å²) >= 11 is 0. The van der Waals surface area contributed by atoms with Crippen LogP contribution in [0.3, 0.4) is 0 Å². The monoisotopic (exact) mass is 288 g/mol. The molecule has 2 aromatic rings. The maximum atomic E-state index is 11.7. The minimum atomic E-state index is -0.171. The minimum Gasteiger partial charge on any atom is -0.397 e. The summed E-state index contributed by atoms with van der Waals surface area (Å²) in [5, 5.41) is 3.97. The summed E-state index contributed by atoms with van der Waals surface area (Å²) in [6.07, 6.45) is 3.52. The lowest BCUT2D eigenvalue weighted by Crippen LogP contribution is -2.31. The molecule has 1 unspecified atom stereocenters. The molecule has 1 aromatic heterocycles. The van der Waals surface area contributed by atoms with Crippen LogP contribution in [-0.4, -0.2) is 29.2 Å². The number of rotatable bonds is 3. The molecule has 0 saturated carbocycles. The number of anilines is 2. The van der Waals surface area contributed by atoms with Gasteiger partial charge in [0.25, 0.3) is 5.56 Å². The Morgan fingerprint density at radius 3 is 2.95 bits per heavy atom. The van der Waals surface area contributed by atoms with E-state index in [2.05, 4.69) is 22.2 Å². The number of hydrogen-bond acceptors (Lipinski definition) is 5. The summed E-state index contributed by atoms with van der Waals surface area (Å²) in [5.41, 5.74) is 7.95. The number of nitrogens with one attached hydrogen (secondary N) is 2. The second-order valence-corrected chi connectivity index (χ2v) is 5.57. The molecule has 3 rings (SSSR count). The highest BCUT2D eigenvalue weighted by atomic mass is 16.5. The predicted octanol–water partition coefficient (Wildman–Crippen LogP) is 1.73. The third-order valence-corrected chi connectivity index (χ3v) is 4.17. The Morgan fingerprint density at radius 2 is 2.19 bits per heavy atom. The second-order valence-electron chi connectivity index (χ2n) is 5.57. The summed E-state index contributed by atoms with van der Waals surface area (Å²) in [6.45, 7) is 3.80. The fourth-order valence-electron chi connectivity index (χ4n) is 2.84. The summed E-state index contributed by atoms with van der Waals surface area (Å²) in [4.78, 5) is 18.5. The van der Waals surface area contributed by atoms with Gasteiger partial charge in [0, 0.05) is 19.3 Å². The van der Waals surface area contributed by atoms with E-state index in [0.29, 0.717) is 28.6 Å². The van der Waals surface area contributed by atoms with E-state index in [1.54, 1.807) is 6.07 Å². The first-order valence-corrected chi connectivity index (χ1v) is 7.26. The van der Waals surface area contributed by atoms with Crippen LogP contribution in [-0.2, 0) is 4.74 Å². The Balaban J connectivity index is 1.86. The van der Waals surface area contributed by atoms with Gasteiger partial charge in [-0.1, -0.05) is 0 Å². The van der Waals surface area contributed by atoms with Crippen molar-refractivity contribution in [2.45, 2.75) is 25.8 Å². The third kappa shape index (κ3) is 2.85. The molecule has 0 spiro atoms. The zero-order valence-electron chi connectivity index (χ0n) is 12.1. The van der Waals surface area contributed by atoms with Crippen LogP contribution in [0, 0.1) is 5.92 Å². The normalized spacial score (nSPS) is 17.8. The molecule has 4 N–H and O–H groups in total. The van der Waals surface area contributed by atoms with Gasteiger partial charge in [0.1, 0.15) is 0 Å². The van der Waals surface area contributed by atoms with Crippen molar-refractivity contribution in [3.63, 3.8) is 0 Å². The van der Waals surface area contributed by atoms with Gasteiger partial charge in [-0.15, -0.1) is 0 Å². The van der Waals surface area contributed by atoms with Crippen molar-refractivity contribution in [2.24, 2.45) is 5.92 Å². The quantitative estimate of drug-likeness (QED) is 0.748. The van der Waals surface area contributed by atoms with E-state index in [-0.39, 0.29) is 5.56 Å². The number of ether oxygens (including phenoxy) is 1. The highest BCUT2D eigenvalue weighted by molar-refractivity contribution is 5.88. The van der Waals surface area contributed by atoms with Gasteiger partial charge in [-0.2, -0.15) is 0 Å². The summed E-state index contributed by atoms with van der Waals surface area (Å²) < 4.78 is 5.39. The first-order chi connectivity index (χ1) is 10.1. The van der Waals surface area contributed by atoms with Crippen LogP contribution in [0.15, 0.2) is 23.3 Å². The van der Waals surface area contributed by atoms with E-state index in [4.69, 9.17) is 10.5 Å². The van der Waals surface area contributed by atoms with Crippen LogP contribution in [0.25, 0.3) is 10.9 Å². The summed E-state index contributed by atoms with van der Waals surface area (Å²) in [7, 11) is 0. The van der Waals surface area contributed by atoms with Crippen molar-refractivity contribution in [3.05, 3.63) is 28.8 Å². The molecular formula is C15H20N4O2. The molecule has 1 aliphatic rings. The number of nitrogens with zero attached hydrogens (tertiary/aromatic N) is 1. The average Bonchev–Trinajstić information content (AvgIpc) is 2.50. The Morgan fingerprint density at radius 1 is 1.43 bits per heavy atom. The standard InChI is InChI=1S/C15H20N4O2/c1-9(10-2-4-21-5-3-10)19-14-7-13-11(6-12(14)16)15(20)18-8-17-13/h6-10,19H,2-5,16H2,1H3,(H,17,18,20). The third-order valence-electron chi connectivity index (χ3n) is 4.17. The maximum Gasteiger partial charge on any atom is 0.258 e. The molecule has 1 fully saturated rings. The fraction of sp³-hybridized carbons (Fsp3) is 0.467.